The average molecular weight is 299 g/mol. The summed E-state index contributed by atoms with van der Waals surface area (Å²) in [6.45, 7) is -0.520. The van der Waals surface area contributed by atoms with Gasteiger partial charge in [0.2, 0.25) is 5.82 Å². The van der Waals surface area contributed by atoms with Gasteiger partial charge in [-0.3, -0.25) is 14.3 Å². The summed E-state index contributed by atoms with van der Waals surface area (Å²) >= 11 is 5.67. The van der Waals surface area contributed by atoms with Gasteiger partial charge in [0.25, 0.3) is 5.56 Å². The highest BCUT2D eigenvalue weighted by atomic mass is 35.5. The van der Waals surface area contributed by atoms with E-state index in [1.807, 2.05) is 0 Å². The summed E-state index contributed by atoms with van der Waals surface area (Å²) in [4.78, 5) is 35.5. The zero-order chi connectivity index (χ0) is 14.7. The van der Waals surface area contributed by atoms with Gasteiger partial charge in [-0.25, -0.2) is 9.59 Å². The number of hydrogen-bond donors (Lipinski definition) is 1. The number of hydrogen-bond acceptors (Lipinski definition) is 4. The number of carbonyl (C=O) groups excluding carboxylic acids is 1. The molecule has 0 fully saturated rings. The molecule has 0 aliphatic rings. The lowest BCUT2D eigenvalue weighted by Gasteiger charge is -2.06. The monoisotopic (exact) mass is 298 g/mol. The van der Waals surface area contributed by atoms with Gasteiger partial charge in [-0.1, -0.05) is 11.6 Å². The highest BCUT2D eigenvalue weighted by molar-refractivity contribution is 6.30. The van der Waals surface area contributed by atoms with E-state index in [0.29, 0.717) is 11.2 Å². The van der Waals surface area contributed by atoms with Crippen molar-refractivity contribution in [2.45, 2.75) is 6.73 Å². The Bertz CT molecular complexity index is 751. The third kappa shape index (κ3) is 3.12. The Morgan fingerprint density at radius 1 is 1.30 bits per heavy atom. The molecular weight excluding hydrogens is 291 g/mol. The van der Waals surface area contributed by atoms with Gasteiger partial charge in [0.05, 0.1) is 11.8 Å². The molecule has 0 aliphatic heterocycles. The second-order valence-electron chi connectivity index (χ2n) is 3.77. The minimum Gasteiger partial charge on any atom is -0.440 e. The van der Waals surface area contributed by atoms with Gasteiger partial charge >= 0.3 is 11.7 Å². The molecule has 2 rings (SSSR count). The highest BCUT2D eigenvalue weighted by Gasteiger charge is 2.09. The summed E-state index contributed by atoms with van der Waals surface area (Å²) in [5, 5.41) is 0.459. The van der Waals surface area contributed by atoms with Crippen LogP contribution in [0.5, 0.6) is 0 Å². The van der Waals surface area contributed by atoms with Gasteiger partial charge in [-0.2, -0.15) is 4.39 Å². The van der Waals surface area contributed by atoms with Crippen LogP contribution in [-0.2, 0) is 11.5 Å². The van der Waals surface area contributed by atoms with Crippen molar-refractivity contribution in [2.24, 2.45) is 0 Å². The van der Waals surface area contributed by atoms with Gasteiger partial charge in [0.15, 0.2) is 6.73 Å². The summed E-state index contributed by atoms with van der Waals surface area (Å²) in [5.74, 6) is -1.85. The SMILES string of the molecule is O=C(OCn1cc(F)c(=O)[nH]c1=O)c1ccc(Cl)cc1. The standard InChI is InChI=1S/C12H8ClFN2O4/c13-8-3-1-7(2-4-8)11(18)20-6-16-5-9(14)10(17)15-12(16)19/h1-5H,6H2,(H,15,17,19). The first-order chi connectivity index (χ1) is 9.47. The van der Waals surface area contributed by atoms with Crippen molar-refractivity contribution in [3.8, 4) is 0 Å². The van der Waals surface area contributed by atoms with E-state index < -0.39 is 29.8 Å². The molecule has 104 valence electrons. The van der Waals surface area contributed by atoms with Crippen LogP contribution in [0.25, 0.3) is 0 Å². The van der Waals surface area contributed by atoms with Crippen LogP contribution in [-0.4, -0.2) is 15.5 Å². The van der Waals surface area contributed by atoms with Crippen LogP contribution < -0.4 is 11.2 Å². The van der Waals surface area contributed by atoms with E-state index in [0.717, 1.165) is 4.57 Å². The van der Waals surface area contributed by atoms with Crippen LogP contribution in [0.3, 0.4) is 0 Å². The number of nitrogens with one attached hydrogen (secondary N) is 1. The predicted molar refractivity (Wildman–Crippen MR) is 68.1 cm³/mol. The lowest BCUT2D eigenvalue weighted by atomic mass is 10.2. The quantitative estimate of drug-likeness (QED) is 0.862. The van der Waals surface area contributed by atoms with E-state index in [2.05, 4.69) is 0 Å². The topological polar surface area (TPSA) is 81.2 Å². The molecule has 0 saturated heterocycles. The maximum atomic E-state index is 13.0. The van der Waals surface area contributed by atoms with Crippen molar-refractivity contribution in [3.05, 3.63) is 67.7 Å². The van der Waals surface area contributed by atoms with Crippen molar-refractivity contribution < 1.29 is 13.9 Å². The van der Waals surface area contributed by atoms with E-state index in [1.54, 1.807) is 4.98 Å². The van der Waals surface area contributed by atoms with Crippen molar-refractivity contribution in [2.75, 3.05) is 0 Å². The third-order valence-electron chi connectivity index (χ3n) is 2.38. The van der Waals surface area contributed by atoms with Gasteiger partial charge in [-0.05, 0) is 24.3 Å². The summed E-state index contributed by atoms with van der Waals surface area (Å²) in [6.07, 6.45) is 0.663. The van der Waals surface area contributed by atoms with Gasteiger partial charge in [0, 0.05) is 5.02 Å². The van der Waals surface area contributed by atoms with Crippen LogP contribution in [0, 0.1) is 5.82 Å². The Morgan fingerprint density at radius 2 is 1.95 bits per heavy atom. The van der Waals surface area contributed by atoms with E-state index >= 15 is 0 Å². The zero-order valence-corrected chi connectivity index (χ0v) is 10.7. The molecule has 0 amide bonds. The van der Waals surface area contributed by atoms with E-state index in [1.165, 1.54) is 24.3 Å². The van der Waals surface area contributed by atoms with Crippen molar-refractivity contribution in [1.29, 1.82) is 0 Å². The average Bonchev–Trinajstić information content (AvgIpc) is 2.42. The van der Waals surface area contributed by atoms with E-state index in [9.17, 15) is 18.8 Å². The zero-order valence-electron chi connectivity index (χ0n) is 9.93. The Balaban J connectivity index is 2.11. The fourth-order valence-corrected chi connectivity index (χ4v) is 1.50. The van der Waals surface area contributed by atoms with Crippen molar-refractivity contribution in [1.82, 2.24) is 9.55 Å². The third-order valence-corrected chi connectivity index (χ3v) is 2.63. The molecular formula is C12H8ClFN2O4. The fourth-order valence-electron chi connectivity index (χ4n) is 1.38. The molecule has 0 aliphatic carbocycles. The second kappa shape index (κ2) is 5.70. The Morgan fingerprint density at radius 3 is 2.60 bits per heavy atom. The van der Waals surface area contributed by atoms with Crippen LogP contribution in [0.4, 0.5) is 4.39 Å². The Labute approximate surface area is 116 Å². The maximum absolute atomic E-state index is 13.0. The number of rotatable bonds is 3. The number of halogens is 2. The summed E-state index contributed by atoms with van der Waals surface area (Å²) in [7, 11) is 0. The molecule has 0 saturated carbocycles. The molecule has 8 heteroatoms. The van der Waals surface area contributed by atoms with Crippen molar-refractivity contribution in [3.63, 3.8) is 0 Å². The second-order valence-corrected chi connectivity index (χ2v) is 4.21. The number of H-pyrrole nitrogens is 1. The Hall–Kier alpha value is -2.41. The molecule has 0 bridgehead atoms. The molecule has 0 spiro atoms. The molecule has 0 unspecified atom stereocenters. The highest BCUT2D eigenvalue weighted by Crippen LogP contribution is 2.10. The first-order valence-corrected chi connectivity index (χ1v) is 5.77. The molecule has 2 aromatic rings. The van der Waals surface area contributed by atoms with Crippen LogP contribution >= 0.6 is 11.6 Å². The number of carbonyl (C=O) groups is 1. The van der Waals surface area contributed by atoms with Crippen LogP contribution in [0.1, 0.15) is 10.4 Å². The molecule has 1 aromatic carbocycles. The van der Waals surface area contributed by atoms with E-state index in [4.69, 9.17) is 16.3 Å². The molecule has 20 heavy (non-hydrogen) atoms. The van der Waals surface area contributed by atoms with E-state index in [-0.39, 0.29) is 5.56 Å². The number of aromatic amines is 1. The van der Waals surface area contributed by atoms with Crippen LogP contribution in [0.2, 0.25) is 5.02 Å². The maximum Gasteiger partial charge on any atom is 0.339 e. The molecule has 0 radical (unpaired) electrons. The molecule has 1 aromatic heterocycles. The van der Waals surface area contributed by atoms with Crippen molar-refractivity contribution >= 4 is 17.6 Å². The molecule has 6 nitrogen and oxygen atoms in total. The predicted octanol–water partition coefficient (Wildman–Crippen LogP) is 1.14. The first-order valence-electron chi connectivity index (χ1n) is 5.39. The first kappa shape index (κ1) is 14.0. The van der Waals surface area contributed by atoms with Crippen LogP contribution in [0.15, 0.2) is 40.1 Å². The lowest BCUT2D eigenvalue weighted by Crippen LogP contribution is -2.32. The number of ether oxygens (including phenoxy) is 1. The summed E-state index contributed by atoms with van der Waals surface area (Å²) in [5.41, 5.74) is -1.78. The Kier molecular flexibility index (Phi) is 3.99. The molecule has 1 N–H and O–H groups in total. The minimum absolute atomic E-state index is 0.229. The largest absolute Gasteiger partial charge is 0.440 e. The fraction of sp³-hybridized carbons (Fsp3) is 0.0833. The molecule has 1 heterocycles. The van der Waals surface area contributed by atoms with Gasteiger partial charge < -0.3 is 4.74 Å². The number of benzene rings is 1. The number of esters is 1. The normalized spacial score (nSPS) is 10.3. The minimum atomic E-state index is -1.15. The van der Waals surface area contributed by atoms with Gasteiger partial charge in [0.1, 0.15) is 0 Å². The number of nitrogens with zero attached hydrogens (tertiary/aromatic N) is 1. The van der Waals surface area contributed by atoms with Gasteiger partial charge in [-0.15, -0.1) is 0 Å². The molecule has 0 atom stereocenters. The lowest BCUT2D eigenvalue weighted by molar-refractivity contribution is 0.0361. The smallest absolute Gasteiger partial charge is 0.339 e. The summed E-state index contributed by atoms with van der Waals surface area (Å²) in [6, 6.07) is 5.90. The summed E-state index contributed by atoms with van der Waals surface area (Å²) < 4.78 is 18.5. The number of aromatic nitrogens is 2.